The second-order valence-electron chi connectivity index (χ2n) is 3.94. The first-order chi connectivity index (χ1) is 5.88. The number of amides is 2. The van der Waals surface area contributed by atoms with Crippen LogP contribution in [-0.4, -0.2) is 30.2 Å². The number of ether oxygens (including phenoxy) is 1. The third kappa shape index (κ3) is 2.93. The zero-order valence-corrected chi connectivity index (χ0v) is 8.01. The zero-order valence-electron chi connectivity index (χ0n) is 8.01. The summed E-state index contributed by atoms with van der Waals surface area (Å²) in [5.74, 6) is -0.397. The monoisotopic (exact) mass is 186 g/mol. The van der Waals surface area contributed by atoms with Crippen molar-refractivity contribution in [1.82, 2.24) is 10.6 Å². The molecule has 0 spiro atoms. The molecule has 0 unspecified atom stereocenters. The van der Waals surface area contributed by atoms with Gasteiger partial charge < -0.3 is 15.4 Å². The normalized spacial score (nSPS) is 22.1. The summed E-state index contributed by atoms with van der Waals surface area (Å²) in [6.07, 6.45) is 0. The first-order valence-electron chi connectivity index (χ1n) is 4.16. The van der Waals surface area contributed by atoms with Crippen LogP contribution in [0.5, 0.6) is 0 Å². The van der Waals surface area contributed by atoms with E-state index in [1.807, 2.05) is 0 Å². The van der Waals surface area contributed by atoms with Crippen LogP contribution in [0.1, 0.15) is 20.8 Å². The Balaban J connectivity index is 2.45. The first-order valence-corrected chi connectivity index (χ1v) is 4.16. The van der Waals surface area contributed by atoms with Gasteiger partial charge in [0.2, 0.25) is 0 Å². The molecule has 0 saturated carbocycles. The molecule has 2 amide bonds. The molecule has 1 heterocycles. The van der Waals surface area contributed by atoms with E-state index in [0.717, 1.165) is 0 Å². The summed E-state index contributed by atoms with van der Waals surface area (Å²) >= 11 is 0. The van der Waals surface area contributed by atoms with Crippen molar-refractivity contribution < 1.29 is 14.3 Å². The molecule has 0 radical (unpaired) electrons. The van der Waals surface area contributed by atoms with Gasteiger partial charge in [-0.15, -0.1) is 0 Å². The lowest BCUT2D eigenvalue weighted by Gasteiger charge is -2.21. The second-order valence-corrected chi connectivity index (χ2v) is 3.94. The van der Waals surface area contributed by atoms with E-state index >= 15 is 0 Å². The Morgan fingerprint density at radius 2 is 2.15 bits per heavy atom. The minimum Gasteiger partial charge on any atom is -0.458 e. The predicted octanol–water partition coefficient (Wildman–Crippen LogP) is 0.00950. The first kappa shape index (κ1) is 9.83. The quantitative estimate of drug-likeness (QED) is 0.567. The number of rotatable bonds is 1. The Morgan fingerprint density at radius 3 is 2.54 bits per heavy atom. The number of carbonyl (C=O) groups excluding carboxylic acids is 2. The summed E-state index contributed by atoms with van der Waals surface area (Å²) in [5.41, 5.74) is -0.510. The fraction of sp³-hybridized carbons (Fsp3) is 0.750. The van der Waals surface area contributed by atoms with Crippen LogP contribution in [0.4, 0.5) is 4.79 Å². The Labute approximate surface area is 76.8 Å². The maximum absolute atomic E-state index is 11.3. The molecule has 1 aliphatic heterocycles. The van der Waals surface area contributed by atoms with E-state index < -0.39 is 17.6 Å². The molecule has 5 heteroatoms. The lowest BCUT2D eigenvalue weighted by molar-refractivity contribution is -0.156. The highest BCUT2D eigenvalue weighted by atomic mass is 16.6. The van der Waals surface area contributed by atoms with Crippen molar-refractivity contribution in [1.29, 1.82) is 0 Å². The van der Waals surface area contributed by atoms with Crippen LogP contribution in [0.2, 0.25) is 0 Å². The van der Waals surface area contributed by atoms with Crippen molar-refractivity contribution >= 4 is 12.0 Å². The smallest absolute Gasteiger partial charge is 0.331 e. The molecule has 0 aromatic rings. The van der Waals surface area contributed by atoms with Gasteiger partial charge in [0, 0.05) is 0 Å². The van der Waals surface area contributed by atoms with Crippen molar-refractivity contribution in [2.24, 2.45) is 0 Å². The number of hydrogen-bond donors (Lipinski definition) is 2. The van der Waals surface area contributed by atoms with E-state index in [-0.39, 0.29) is 6.03 Å². The van der Waals surface area contributed by atoms with Crippen LogP contribution in [0, 0.1) is 0 Å². The summed E-state index contributed by atoms with van der Waals surface area (Å²) in [4.78, 5) is 22.0. The summed E-state index contributed by atoms with van der Waals surface area (Å²) in [6, 6.07) is -0.873. The van der Waals surface area contributed by atoms with Gasteiger partial charge in [-0.25, -0.2) is 9.59 Å². The molecule has 5 nitrogen and oxygen atoms in total. The van der Waals surface area contributed by atoms with Gasteiger partial charge in [0.05, 0.1) is 6.54 Å². The SMILES string of the molecule is CC(C)(C)OC(=O)[C@@H]1CNC(=O)N1. The maximum Gasteiger partial charge on any atom is 0.331 e. The number of urea groups is 1. The average Bonchev–Trinajstić information content (AvgIpc) is 2.31. The standard InChI is InChI=1S/C8H14N2O3/c1-8(2,3)13-6(11)5-4-9-7(12)10-5/h5H,4H2,1-3H3,(H2,9,10,12)/t5-/m0/s1. The molecule has 0 bridgehead atoms. The molecule has 1 rings (SSSR count). The van der Waals surface area contributed by atoms with Crippen molar-refractivity contribution in [3.8, 4) is 0 Å². The predicted molar refractivity (Wildman–Crippen MR) is 46.2 cm³/mol. The van der Waals surface area contributed by atoms with E-state index in [1.165, 1.54) is 0 Å². The van der Waals surface area contributed by atoms with Crippen LogP contribution < -0.4 is 10.6 Å². The number of nitrogens with one attached hydrogen (secondary N) is 2. The van der Waals surface area contributed by atoms with Crippen LogP contribution >= 0.6 is 0 Å². The average molecular weight is 186 g/mol. The lowest BCUT2D eigenvalue weighted by Crippen LogP contribution is -2.39. The van der Waals surface area contributed by atoms with Crippen molar-refractivity contribution in [2.45, 2.75) is 32.4 Å². The van der Waals surface area contributed by atoms with E-state index in [0.29, 0.717) is 6.54 Å². The van der Waals surface area contributed by atoms with Gasteiger partial charge in [0.15, 0.2) is 0 Å². The van der Waals surface area contributed by atoms with Crippen LogP contribution in [0.15, 0.2) is 0 Å². The maximum atomic E-state index is 11.3. The molecule has 13 heavy (non-hydrogen) atoms. The Morgan fingerprint density at radius 1 is 1.54 bits per heavy atom. The minimum absolute atomic E-state index is 0.299. The van der Waals surface area contributed by atoms with Gasteiger partial charge in [0.25, 0.3) is 0 Å². The number of carbonyl (C=O) groups is 2. The van der Waals surface area contributed by atoms with Gasteiger partial charge in [0.1, 0.15) is 11.6 Å². The molecule has 74 valence electrons. The highest BCUT2D eigenvalue weighted by molar-refractivity contribution is 5.87. The van der Waals surface area contributed by atoms with Gasteiger partial charge in [-0.1, -0.05) is 0 Å². The van der Waals surface area contributed by atoms with Gasteiger partial charge in [-0.05, 0) is 20.8 Å². The summed E-state index contributed by atoms with van der Waals surface area (Å²) in [7, 11) is 0. The van der Waals surface area contributed by atoms with Gasteiger partial charge >= 0.3 is 12.0 Å². The molecule has 1 fully saturated rings. The van der Waals surface area contributed by atoms with E-state index in [9.17, 15) is 9.59 Å². The van der Waals surface area contributed by atoms with Gasteiger partial charge in [-0.2, -0.15) is 0 Å². The van der Waals surface area contributed by atoms with Crippen LogP contribution in [0.25, 0.3) is 0 Å². The van der Waals surface area contributed by atoms with E-state index in [2.05, 4.69) is 10.6 Å². The zero-order chi connectivity index (χ0) is 10.1. The lowest BCUT2D eigenvalue weighted by atomic mass is 10.2. The van der Waals surface area contributed by atoms with E-state index in [1.54, 1.807) is 20.8 Å². The highest BCUT2D eigenvalue weighted by Crippen LogP contribution is 2.09. The molecule has 1 aliphatic rings. The number of hydrogen-bond acceptors (Lipinski definition) is 3. The van der Waals surface area contributed by atoms with E-state index in [4.69, 9.17) is 4.74 Å². The Hall–Kier alpha value is -1.26. The summed E-state index contributed by atoms with van der Waals surface area (Å²) < 4.78 is 5.08. The molecule has 1 saturated heterocycles. The molecular weight excluding hydrogens is 172 g/mol. The second kappa shape index (κ2) is 3.24. The molecule has 0 aromatic heterocycles. The fourth-order valence-corrected chi connectivity index (χ4v) is 0.970. The van der Waals surface area contributed by atoms with Crippen molar-refractivity contribution in [2.75, 3.05) is 6.54 Å². The fourth-order valence-electron chi connectivity index (χ4n) is 0.970. The summed E-state index contributed by atoms with van der Waals surface area (Å²) in [6.45, 7) is 5.66. The topological polar surface area (TPSA) is 67.4 Å². The highest BCUT2D eigenvalue weighted by Gasteiger charge is 2.30. The molecule has 2 N–H and O–H groups in total. The molecular formula is C8H14N2O3. The Bertz CT molecular complexity index is 232. The van der Waals surface area contributed by atoms with Gasteiger partial charge in [-0.3, -0.25) is 0 Å². The third-order valence-corrected chi connectivity index (χ3v) is 1.46. The van der Waals surface area contributed by atoms with Crippen LogP contribution in [-0.2, 0) is 9.53 Å². The molecule has 1 atom stereocenters. The molecule has 0 aliphatic carbocycles. The Kier molecular flexibility index (Phi) is 2.45. The summed E-state index contributed by atoms with van der Waals surface area (Å²) in [5, 5.41) is 4.94. The third-order valence-electron chi connectivity index (χ3n) is 1.46. The van der Waals surface area contributed by atoms with Crippen molar-refractivity contribution in [3.05, 3.63) is 0 Å². The minimum atomic E-state index is -0.549. The van der Waals surface area contributed by atoms with Crippen molar-refractivity contribution in [3.63, 3.8) is 0 Å². The number of esters is 1. The largest absolute Gasteiger partial charge is 0.458 e. The molecule has 0 aromatic carbocycles. The van der Waals surface area contributed by atoms with Crippen LogP contribution in [0.3, 0.4) is 0 Å².